The van der Waals surface area contributed by atoms with Gasteiger partial charge in [-0.15, -0.1) is 0 Å². The number of halogens is 1. The van der Waals surface area contributed by atoms with Gasteiger partial charge < -0.3 is 19.3 Å². The van der Waals surface area contributed by atoms with Crippen LogP contribution in [0.3, 0.4) is 0 Å². The summed E-state index contributed by atoms with van der Waals surface area (Å²) in [4.78, 5) is 21.4. The van der Waals surface area contributed by atoms with E-state index in [-0.39, 0.29) is 23.9 Å². The second-order valence-corrected chi connectivity index (χ2v) is 9.88. The molecule has 0 N–H and O–H groups in total. The van der Waals surface area contributed by atoms with Gasteiger partial charge in [0.15, 0.2) is 0 Å². The van der Waals surface area contributed by atoms with Crippen LogP contribution in [0.1, 0.15) is 38.2 Å². The van der Waals surface area contributed by atoms with E-state index in [2.05, 4.69) is 9.88 Å². The first-order chi connectivity index (χ1) is 17.3. The number of methoxy groups -OCH3 is 1. The number of ether oxygens (including phenoxy) is 2. The third-order valence-corrected chi connectivity index (χ3v) is 6.93. The maximum atomic E-state index is 15.2. The molecule has 2 aromatic carbocycles. The maximum absolute atomic E-state index is 15.2. The molecule has 36 heavy (non-hydrogen) atoms. The Bertz CT molecular complexity index is 1210. The lowest BCUT2D eigenvalue weighted by atomic mass is 9.99. The Kier molecular flexibility index (Phi) is 8.21. The molecular formula is C29H36FN3O3. The van der Waals surface area contributed by atoms with E-state index in [9.17, 15) is 4.79 Å². The summed E-state index contributed by atoms with van der Waals surface area (Å²) in [5, 5.41) is 0.770. The summed E-state index contributed by atoms with van der Waals surface area (Å²) in [6.45, 7) is 5.13. The average molecular weight is 494 g/mol. The normalized spacial score (nSPS) is 17.6. The first-order valence-corrected chi connectivity index (χ1v) is 12.6. The standard InChI is InChI=1S/C29H36FN3O3/c1-19-18-31-28-17-27(30)25(21-7-10-23(11-8-21)36-14-6-13-32(3)4)16-26(28)29(19)33(20(2)34)22-9-12-24(15-22)35-5/h7-8,10-11,16-18,22,24H,6,9,12-15H2,1-5H3/t22-,24+/m0/s1. The van der Waals surface area contributed by atoms with E-state index >= 15 is 4.39 Å². The number of carbonyl (C=O) groups is 1. The number of carbonyl (C=O) groups excluding carboxylic acids is 1. The van der Waals surface area contributed by atoms with Crippen molar-refractivity contribution in [2.24, 2.45) is 0 Å². The molecule has 1 amide bonds. The Labute approximate surface area is 213 Å². The Balaban J connectivity index is 1.68. The number of nitrogens with zero attached hydrogens (tertiary/aromatic N) is 3. The molecule has 2 atom stereocenters. The topological polar surface area (TPSA) is 54.9 Å². The fourth-order valence-electron chi connectivity index (χ4n) is 5.10. The van der Waals surface area contributed by atoms with Crippen molar-refractivity contribution in [1.29, 1.82) is 0 Å². The van der Waals surface area contributed by atoms with Gasteiger partial charge in [-0.1, -0.05) is 12.1 Å². The van der Waals surface area contributed by atoms with Crippen LogP contribution in [0.25, 0.3) is 22.0 Å². The molecule has 1 saturated carbocycles. The van der Waals surface area contributed by atoms with Crippen molar-refractivity contribution < 1.29 is 18.7 Å². The van der Waals surface area contributed by atoms with Crippen molar-refractivity contribution in [1.82, 2.24) is 9.88 Å². The molecule has 0 unspecified atom stereocenters. The molecule has 1 aromatic heterocycles. The number of anilines is 1. The first kappa shape index (κ1) is 26.0. The van der Waals surface area contributed by atoms with Gasteiger partial charge in [-0.3, -0.25) is 9.78 Å². The number of benzene rings is 2. The van der Waals surface area contributed by atoms with Crippen molar-refractivity contribution in [3.63, 3.8) is 0 Å². The van der Waals surface area contributed by atoms with Crippen LogP contribution in [-0.4, -0.2) is 62.3 Å². The van der Waals surface area contributed by atoms with Crippen molar-refractivity contribution in [3.8, 4) is 16.9 Å². The smallest absolute Gasteiger partial charge is 0.224 e. The summed E-state index contributed by atoms with van der Waals surface area (Å²) in [5.41, 5.74) is 3.44. The van der Waals surface area contributed by atoms with Crippen LogP contribution < -0.4 is 9.64 Å². The molecule has 1 aliphatic carbocycles. The number of fused-ring (bicyclic) bond motifs is 1. The third-order valence-electron chi connectivity index (χ3n) is 6.93. The fourth-order valence-corrected chi connectivity index (χ4v) is 5.10. The number of amides is 1. The van der Waals surface area contributed by atoms with Crippen molar-refractivity contribution in [2.75, 3.05) is 39.3 Å². The van der Waals surface area contributed by atoms with Crippen LogP contribution in [0.15, 0.2) is 42.6 Å². The van der Waals surface area contributed by atoms with Crippen LogP contribution >= 0.6 is 0 Å². The molecule has 7 heteroatoms. The first-order valence-electron chi connectivity index (χ1n) is 12.6. The molecule has 192 valence electrons. The SMILES string of the molecule is CO[C@@H]1CC[C@H](N(C(C)=O)c2c(C)cnc3cc(F)c(-c4ccc(OCCCN(C)C)cc4)cc23)C1. The Morgan fingerprint density at radius 1 is 1.17 bits per heavy atom. The molecule has 0 bridgehead atoms. The van der Waals surface area contributed by atoms with E-state index < -0.39 is 0 Å². The van der Waals surface area contributed by atoms with Gasteiger partial charge in [0.25, 0.3) is 0 Å². The number of aryl methyl sites for hydroxylation is 1. The minimum Gasteiger partial charge on any atom is -0.494 e. The van der Waals surface area contributed by atoms with Crippen LogP contribution in [0.5, 0.6) is 5.75 Å². The van der Waals surface area contributed by atoms with Gasteiger partial charge in [0.05, 0.1) is 23.9 Å². The molecule has 0 saturated heterocycles. The highest BCUT2D eigenvalue weighted by Crippen LogP contribution is 2.38. The lowest BCUT2D eigenvalue weighted by molar-refractivity contribution is -0.117. The molecule has 3 aromatic rings. The summed E-state index contributed by atoms with van der Waals surface area (Å²) in [7, 11) is 5.79. The predicted molar refractivity (Wildman–Crippen MR) is 142 cm³/mol. The van der Waals surface area contributed by atoms with Gasteiger partial charge in [0.1, 0.15) is 11.6 Å². The van der Waals surface area contributed by atoms with Gasteiger partial charge in [-0.2, -0.15) is 0 Å². The fraction of sp³-hybridized carbons (Fsp3) is 0.448. The number of rotatable bonds is 9. The molecule has 4 rings (SSSR count). The summed E-state index contributed by atoms with van der Waals surface area (Å²) in [6, 6.07) is 10.8. The molecule has 0 aliphatic heterocycles. The lowest BCUT2D eigenvalue weighted by Crippen LogP contribution is -2.38. The third kappa shape index (κ3) is 5.68. The number of hydrogen-bond donors (Lipinski definition) is 0. The number of pyridine rings is 1. The van der Waals surface area contributed by atoms with E-state index in [1.807, 2.05) is 56.3 Å². The van der Waals surface area contributed by atoms with Crippen LogP contribution in [0, 0.1) is 12.7 Å². The highest BCUT2D eigenvalue weighted by molar-refractivity contribution is 6.04. The summed E-state index contributed by atoms with van der Waals surface area (Å²) >= 11 is 0. The Morgan fingerprint density at radius 2 is 1.92 bits per heavy atom. The van der Waals surface area contributed by atoms with Gasteiger partial charge in [-0.25, -0.2) is 4.39 Å². The highest BCUT2D eigenvalue weighted by Gasteiger charge is 2.33. The zero-order chi connectivity index (χ0) is 25.8. The highest BCUT2D eigenvalue weighted by atomic mass is 19.1. The molecule has 0 radical (unpaired) electrons. The van der Waals surface area contributed by atoms with Crippen molar-refractivity contribution >= 4 is 22.5 Å². The van der Waals surface area contributed by atoms with Crippen LogP contribution in [0.2, 0.25) is 0 Å². The van der Waals surface area contributed by atoms with E-state index in [0.717, 1.165) is 60.2 Å². The van der Waals surface area contributed by atoms with Gasteiger partial charge in [0, 0.05) is 49.8 Å². The summed E-state index contributed by atoms with van der Waals surface area (Å²) < 4.78 is 26.6. The van der Waals surface area contributed by atoms with Crippen LogP contribution in [0.4, 0.5) is 10.1 Å². The summed E-state index contributed by atoms with van der Waals surface area (Å²) in [5.74, 6) is 0.377. The molecule has 1 heterocycles. The zero-order valence-electron chi connectivity index (χ0n) is 21.9. The lowest BCUT2D eigenvalue weighted by Gasteiger charge is -2.30. The predicted octanol–water partition coefficient (Wildman–Crippen LogP) is 5.60. The number of aromatic nitrogens is 1. The van der Waals surface area contributed by atoms with Gasteiger partial charge in [-0.05, 0) is 76.0 Å². The Hall–Kier alpha value is -3.03. The maximum Gasteiger partial charge on any atom is 0.224 e. The van der Waals surface area contributed by atoms with E-state index in [4.69, 9.17) is 9.47 Å². The summed E-state index contributed by atoms with van der Waals surface area (Å²) in [6.07, 6.45) is 5.35. The minimum atomic E-state index is -0.348. The van der Waals surface area contributed by atoms with Gasteiger partial charge >= 0.3 is 0 Å². The largest absolute Gasteiger partial charge is 0.494 e. The van der Waals surface area contributed by atoms with E-state index in [1.54, 1.807) is 20.2 Å². The number of hydrogen-bond acceptors (Lipinski definition) is 5. The second-order valence-electron chi connectivity index (χ2n) is 9.88. The zero-order valence-corrected chi connectivity index (χ0v) is 21.9. The molecule has 1 aliphatic rings. The monoisotopic (exact) mass is 493 g/mol. The molecule has 0 spiro atoms. The van der Waals surface area contributed by atoms with Gasteiger partial charge in [0.2, 0.25) is 5.91 Å². The minimum absolute atomic E-state index is 0.0333. The quantitative estimate of drug-likeness (QED) is 0.363. The molecule has 6 nitrogen and oxygen atoms in total. The molecular weight excluding hydrogens is 457 g/mol. The average Bonchev–Trinajstić information content (AvgIpc) is 3.32. The Morgan fingerprint density at radius 3 is 2.56 bits per heavy atom. The van der Waals surface area contributed by atoms with Crippen LogP contribution in [-0.2, 0) is 9.53 Å². The van der Waals surface area contributed by atoms with Crippen molar-refractivity contribution in [2.45, 2.75) is 51.7 Å². The van der Waals surface area contributed by atoms with Crippen molar-refractivity contribution in [3.05, 3.63) is 54.0 Å². The van der Waals surface area contributed by atoms with E-state index in [1.165, 1.54) is 6.07 Å². The molecule has 1 fully saturated rings. The van der Waals surface area contributed by atoms with E-state index in [0.29, 0.717) is 17.7 Å². The second kappa shape index (κ2) is 11.4.